The summed E-state index contributed by atoms with van der Waals surface area (Å²) in [5, 5.41) is 0. The summed E-state index contributed by atoms with van der Waals surface area (Å²) in [5.74, 6) is 0.200. The number of hydrogen-bond acceptors (Lipinski definition) is 4. The highest BCUT2D eigenvalue weighted by Gasteiger charge is 2.23. The molecule has 1 aliphatic carbocycles. The highest BCUT2D eigenvalue weighted by atomic mass is 32.2. The van der Waals surface area contributed by atoms with Gasteiger partial charge in [0.15, 0.2) is 9.84 Å². The minimum absolute atomic E-state index is 0.200. The third kappa shape index (κ3) is 3.67. The summed E-state index contributed by atoms with van der Waals surface area (Å²) in [6, 6.07) is 8.86. The molecule has 27 heavy (non-hydrogen) atoms. The van der Waals surface area contributed by atoms with Crippen LogP contribution in [0, 0.1) is 0 Å². The van der Waals surface area contributed by atoms with Crippen LogP contribution in [-0.4, -0.2) is 43.6 Å². The molecule has 1 saturated heterocycles. The van der Waals surface area contributed by atoms with Crippen LogP contribution in [0.4, 0.5) is 0 Å². The van der Waals surface area contributed by atoms with Gasteiger partial charge in [0.2, 0.25) is 5.91 Å². The molecule has 0 saturated carbocycles. The highest BCUT2D eigenvalue weighted by Crippen LogP contribution is 2.34. The van der Waals surface area contributed by atoms with E-state index in [1.54, 1.807) is 18.3 Å². The number of likely N-dealkylation sites (tertiary alicyclic amines) is 1. The van der Waals surface area contributed by atoms with E-state index in [1.165, 1.54) is 6.26 Å². The average molecular weight is 382 g/mol. The quantitative estimate of drug-likeness (QED) is 0.815. The molecule has 6 heteroatoms. The van der Waals surface area contributed by atoms with Crippen molar-refractivity contribution in [2.24, 2.45) is 0 Å². The molecule has 1 aromatic heterocycles. The molecule has 140 valence electrons. The van der Waals surface area contributed by atoms with E-state index in [4.69, 9.17) is 0 Å². The van der Waals surface area contributed by atoms with Crippen molar-refractivity contribution in [1.82, 2.24) is 9.88 Å². The van der Waals surface area contributed by atoms with Crippen LogP contribution in [0.2, 0.25) is 0 Å². The number of hydrogen-bond donors (Lipinski definition) is 0. The molecule has 1 amide bonds. The third-order valence-electron chi connectivity index (χ3n) is 5.25. The molecular formula is C21H22N2O3S. The Morgan fingerprint density at radius 3 is 2.48 bits per heavy atom. The number of pyridine rings is 1. The van der Waals surface area contributed by atoms with Crippen molar-refractivity contribution in [3.63, 3.8) is 0 Å². The van der Waals surface area contributed by atoms with E-state index in [0.717, 1.165) is 53.9 Å². The Bertz CT molecular complexity index is 1020. The second kappa shape index (κ2) is 6.93. The molecule has 5 nitrogen and oxygen atoms in total. The van der Waals surface area contributed by atoms with Crippen molar-refractivity contribution >= 4 is 21.8 Å². The molecule has 2 aromatic rings. The van der Waals surface area contributed by atoms with Crippen molar-refractivity contribution < 1.29 is 13.2 Å². The molecule has 0 unspecified atom stereocenters. The molecule has 0 bridgehead atoms. The number of nitrogens with zero attached hydrogens (tertiary/aromatic N) is 2. The van der Waals surface area contributed by atoms with Gasteiger partial charge in [-0.3, -0.25) is 9.78 Å². The van der Waals surface area contributed by atoms with Crippen LogP contribution < -0.4 is 0 Å². The molecule has 0 atom stereocenters. The minimum atomic E-state index is -3.21. The summed E-state index contributed by atoms with van der Waals surface area (Å²) in [7, 11) is -3.21. The Balaban J connectivity index is 1.60. The van der Waals surface area contributed by atoms with E-state index < -0.39 is 9.84 Å². The summed E-state index contributed by atoms with van der Waals surface area (Å²) in [6.45, 7) is 1.74. The number of aromatic nitrogens is 1. The molecule has 1 aliphatic heterocycles. The first-order chi connectivity index (χ1) is 12.9. The first kappa shape index (κ1) is 17.9. The van der Waals surface area contributed by atoms with Crippen LogP contribution >= 0.6 is 0 Å². The van der Waals surface area contributed by atoms with Crippen molar-refractivity contribution in [3.05, 3.63) is 53.4 Å². The summed E-state index contributed by atoms with van der Waals surface area (Å²) in [5.41, 5.74) is 5.07. The lowest BCUT2D eigenvalue weighted by atomic mass is 10.0. The molecule has 0 radical (unpaired) electrons. The molecule has 0 spiro atoms. The van der Waals surface area contributed by atoms with Crippen LogP contribution in [0.15, 0.2) is 47.0 Å². The normalized spacial score (nSPS) is 16.3. The maximum absolute atomic E-state index is 12.4. The van der Waals surface area contributed by atoms with Gasteiger partial charge in [-0.25, -0.2) is 8.42 Å². The predicted octanol–water partition coefficient (Wildman–Crippen LogP) is 3.10. The van der Waals surface area contributed by atoms with Gasteiger partial charge in [0.25, 0.3) is 0 Å². The van der Waals surface area contributed by atoms with Crippen molar-refractivity contribution in [2.45, 2.75) is 30.6 Å². The molecule has 0 N–H and O–H groups in total. The standard InChI is InChI=1S/C21H22N2O3S/c1-27(25,26)17-6-4-16(5-7-17)18-8-9-22-20-13-15(12-19(18)20)14-21(24)23-10-2-3-11-23/h4-9,12H,2-3,10-11,13-14H2,1H3. The van der Waals surface area contributed by atoms with Gasteiger partial charge in [0.1, 0.15) is 0 Å². The maximum Gasteiger partial charge on any atom is 0.226 e. The number of rotatable bonds is 4. The SMILES string of the molecule is CS(=O)(=O)c1ccc(-c2ccnc3c2C=C(CC(=O)N2CCCC2)C3)cc1. The van der Waals surface area contributed by atoms with Gasteiger partial charge in [-0.2, -0.15) is 0 Å². The minimum Gasteiger partial charge on any atom is -0.342 e. The number of sulfone groups is 1. The van der Waals surface area contributed by atoms with Gasteiger partial charge >= 0.3 is 0 Å². The Morgan fingerprint density at radius 1 is 1.11 bits per heavy atom. The van der Waals surface area contributed by atoms with E-state index in [2.05, 4.69) is 11.1 Å². The molecule has 1 fully saturated rings. The molecule has 4 rings (SSSR count). The highest BCUT2D eigenvalue weighted by molar-refractivity contribution is 7.90. The van der Waals surface area contributed by atoms with Crippen molar-refractivity contribution in [3.8, 4) is 11.1 Å². The van der Waals surface area contributed by atoms with Gasteiger partial charge in [-0.1, -0.05) is 23.8 Å². The van der Waals surface area contributed by atoms with Crippen LogP contribution in [0.25, 0.3) is 17.2 Å². The fourth-order valence-corrected chi connectivity index (χ4v) is 4.44. The number of amides is 1. The topological polar surface area (TPSA) is 67.3 Å². The summed E-state index contributed by atoms with van der Waals surface area (Å²) >= 11 is 0. The maximum atomic E-state index is 12.4. The molecule has 2 heterocycles. The van der Waals surface area contributed by atoms with Crippen LogP contribution in [-0.2, 0) is 21.1 Å². The number of benzene rings is 1. The smallest absolute Gasteiger partial charge is 0.226 e. The zero-order valence-electron chi connectivity index (χ0n) is 15.3. The fraction of sp³-hybridized carbons (Fsp3) is 0.333. The predicted molar refractivity (Wildman–Crippen MR) is 105 cm³/mol. The Hall–Kier alpha value is -2.47. The van der Waals surface area contributed by atoms with Crippen LogP contribution in [0.1, 0.15) is 30.5 Å². The monoisotopic (exact) mass is 382 g/mol. The van der Waals surface area contributed by atoms with Gasteiger partial charge < -0.3 is 4.90 Å². The summed E-state index contributed by atoms with van der Waals surface area (Å²) in [4.78, 5) is 19.2. The Kier molecular flexibility index (Phi) is 4.60. The van der Waals surface area contributed by atoms with Crippen LogP contribution in [0.5, 0.6) is 0 Å². The first-order valence-corrected chi connectivity index (χ1v) is 11.1. The lowest BCUT2D eigenvalue weighted by molar-refractivity contribution is -0.129. The lowest BCUT2D eigenvalue weighted by Crippen LogP contribution is -2.27. The lowest BCUT2D eigenvalue weighted by Gasteiger charge is -2.15. The van der Waals surface area contributed by atoms with Gasteiger partial charge in [-0.05, 0) is 42.2 Å². The van der Waals surface area contributed by atoms with E-state index in [0.29, 0.717) is 17.7 Å². The largest absolute Gasteiger partial charge is 0.342 e. The second-order valence-electron chi connectivity index (χ2n) is 7.26. The Morgan fingerprint density at radius 2 is 1.81 bits per heavy atom. The second-order valence-corrected chi connectivity index (χ2v) is 9.28. The first-order valence-electron chi connectivity index (χ1n) is 9.17. The zero-order valence-corrected chi connectivity index (χ0v) is 16.1. The van der Waals surface area contributed by atoms with Gasteiger partial charge in [0, 0.05) is 43.9 Å². The van der Waals surface area contributed by atoms with E-state index >= 15 is 0 Å². The van der Waals surface area contributed by atoms with Crippen molar-refractivity contribution in [2.75, 3.05) is 19.3 Å². The number of fused-ring (bicyclic) bond motifs is 1. The van der Waals surface area contributed by atoms with Crippen LogP contribution in [0.3, 0.4) is 0 Å². The Labute approximate surface area is 159 Å². The zero-order chi connectivity index (χ0) is 19.0. The summed E-state index contributed by atoms with van der Waals surface area (Å²) in [6.07, 6.45) is 8.40. The van der Waals surface area contributed by atoms with Gasteiger partial charge in [0.05, 0.1) is 10.6 Å². The molecular weight excluding hydrogens is 360 g/mol. The van der Waals surface area contributed by atoms with E-state index in [9.17, 15) is 13.2 Å². The third-order valence-corrected chi connectivity index (χ3v) is 6.37. The van der Waals surface area contributed by atoms with E-state index in [-0.39, 0.29) is 5.91 Å². The average Bonchev–Trinajstić information content (AvgIpc) is 3.30. The van der Waals surface area contributed by atoms with E-state index in [1.807, 2.05) is 23.1 Å². The fourth-order valence-electron chi connectivity index (χ4n) is 3.81. The number of carbonyl (C=O) groups is 1. The summed E-state index contributed by atoms with van der Waals surface area (Å²) < 4.78 is 23.3. The van der Waals surface area contributed by atoms with Gasteiger partial charge in [-0.15, -0.1) is 0 Å². The molecule has 2 aliphatic rings. The molecule has 1 aromatic carbocycles. The number of carbonyl (C=O) groups excluding carboxylic acids is 1. The van der Waals surface area contributed by atoms with Crippen molar-refractivity contribution in [1.29, 1.82) is 0 Å².